The molecule has 1 aliphatic heterocycles. The number of pyridine rings is 2. The Morgan fingerprint density at radius 2 is 1.80 bits per heavy atom. The van der Waals surface area contributed by atoms with E-state index >= 15 is 0 Å². The fraction of sp³-hybridized carbons (Fsp3) is 0.105. The molecule has 2 aromatic heterocycles. The van der Waals surface area contributed by atoms with Gasteiger partial charge >= 0.3 is 0 Å². The molecule has 0 saturated carbocycles. The van der Waals surface area contributed by atoms with Crippen molar-refractivity contribution in [3.05, 3.63) is 67.0 Å². The molecule has 1 atom stereocenters. The first-order valence-electron chi connectivity index (χ1n) is 7.86. The van der Waals surface area contributed by atoms with Crippen LogP contribution in [0.2, 0.25) is 0 Å². The van der Waals surface area contributed by atoms with Crippen LogP contribution in [0.4, 0.5) is 5.82 Å². The van der Waals surface area contributed by atoms with E-state index in [1.165, 1.54) is 0 Å². The number of para-hydroxylation sites is 2. The molecule has 124 valence electrons. The van der Waals surface area contributed by atoms with E-state index in [1.807, 2.05) is 42.5 Å². The number of nitrogens with one attached hydrogen (secondary N) is 1. The van der Waals surface area contributed by atoms with Crippen LogP contribution >= 0.6 is 0 Å². The van der Waals surface area contributed by atoms with Crippen LogP contribution in [0.25, 0.3) is 11.3 Å². The molecule has 1 unspecified atom stereocenters. The molecule has 0 radical (unpaired) electrons. The monoisotopic (exact) mass is 333 g/mol. The minimum absolute atomic E-state index is 0.160. The van der Waals surface area contributed by atoms with Crippen LogP contribution in [0.5, 0.6) is 11.5 Å². The molecule has 0 spiro atoms. The number of ether oxygens (including phenoxy) is 2. The van der Waals surface area contributed by atoms with Crippen molar-refractivity contribution >= 4 is 11.7 Å². The Kier molecular flexibility index (Phi) is 4.00. The highest BCUT2D eigenvalue weighted by Gasteiger charge is 2.27. The van der Waals surface area contributed by atoms with Gasteiger partial charge in [-0.25, -0.2) is 4.98 Å². The average Bonchev–Trinajstić information content (AvgIpc) is 2.68. The zero-order valence-electron chi connectivity index (χ0n) is 13.3. The second kappa shape index (κ2) is 6.60. The summed E-state index contributed by atoms with van der Waals surface area (Å²) in [5.41, 5.74) is 1.68. The minimum Gasteiger partial charge on any atom is -0.485 e. The SMILES string of the molecule is O=C(Nc1cccc(-c2ccncc2)n1)C1COc2ccccc2O1. The van der Waals surface area contributed by atoms with Crippen molar-refractivity contribution in [2.24, 2.45) is 0 Å². The van der Waals surface area contributed by atoms with E-state index in [-0.39, 0.29) is 12.5 Å². The molecule has 6 heteroatoms. The Morgan fingerprint density at radius 3 is 2.64 bits per heavy atom. The number of aromatic nitrogens is 2. The molecular formula is C19H15N3O3. The van der Waals surface area contributed by atoms with Gasteiger partial charge in [-0.2, -0.15) is 0 Å². The van der Waals surface area contributed by atoms with E-state index in [9.17, 15) is 4.79 Å². The van der Waals surface area contributed by atoms with Crippen molar-refractivity contribution in [1.82, 2.24) is 9.97 Å². The summed E-state index contributed by atoms with van der Waals surface area (Å²) >= 11 is 0. The Labute approximate surface area is 144 Å². The Bertz CT molecular complexity index is 899. The zero-order valence-corrected chi connectivity index (χ0v) is 13.3. The number of rotatable bonds is 3. The summed E-state index contributed by atoms with van der Waals surface area (Å²) in [5, 5.41) is 2.78. The van der Waals surface area contributed by atoms with E-state index in [4.69, 9.17) is 9.47 Å². The molecule has 0 fully saturated rings. The van der Waals surface area contributed by atoms with Crippen LogP contribution in [0.3, 0.4) is 0 Å². The lowest BCUT2D eigenvalue weighted by Gasteiger charge is -2.25. The van der Waals surface area contributed by atoms with Crippen LogP contribution in [-0.4, -0.2) is 28.6 Å². The van der Waals surface area contributed by atoms with Crippen molar-refractivity contribution in [3.8, 4) is 22.8 Å². The van der Waals surface area contributed by atoms with Gasteiger partial charge in [-0.15, -0.1) is 0 Å². The van der Waals surface area contributed by atoms with Crippen molar-refractivity contribution in [2.45, 2.75) is 6.10 Å². The number of hydrogen-bond acceptors (Lipinski definition) is 5. The highest BCUT2D eigenvalue weighted by Crippen LogP contribution is 2.31. The van der Waals surface area contributed by atoms with Crippen LogP contribution in [-0.2, 0) is 4.79 Å². The third-order valence-electron chi connectivity index (χ3n) is 3.78. The summed E-state index contributed by atoms with van der Waals surface area (Å²) in [4.78, 5) is 20.9. The standard InChI is InChI=1S/C19H15N3O3/c23-19(17-12-24-15-5-1-2-6-16(15)25-17)22-18-7-3-4-14(21-18)13-8-10-20-11-9-13/h1-11,17H,12H2,(H,21,22,23). The van der Waals surface area contributed by atoms with Gasteiger partial charge in [0.15, 0.2) is 11.5 Å². The molecule has 0 bridgehead atoms. The van der Waals surface area contributed by atoms with Crippen LogP contribution in [0.15, 0.2) is 67.0 Å². The maximum absolute atomic E-state index is 12.5. The first-order valence-corrected chi connectivity index (χ1v) is 7.86. The molecule has 0 aliphatic carbocycles. The fourth-order valence-electron chi connectivity index (χ4n) is 2.54. The smallest absolute Gasteiger partial charge is 0.270 e. The maximum atomic E-state index is 12.5. The molecule has 4 rings (SSSR count). The highest BCUT2D eigenvalue weighted by molar-refractivity contribution is 5.94. The lowest BCUT2D eigenvalue weighted by Crippen LogP contribution is -2.40. The largest absolute Gasteiger partial charge is 0.485 e. The summed E-state index contributed by atoms with van der Waals surface area (Å²) in [6.45, 7) is 0.160. The van der Waals surface area contributed by atoms with Crippen molar-refractivity contribution in [3.63, 3.8) is 0 Å². The topological polar surface area (TPSA) is 73.3 Å². The normalized spacial score (nSPS) is 15.4. The second-order valence-electron chi connectivity index (χ2n) is 5.50. The van der Waals surface area contributed by atoms with E-state index in [0.717, 1.165) is 11.3 Å². The summed E-state index contributed by atoms with van der Waals surface area (Å²) in [5.74, 6) is 1.37. The first kappa shape index (κ1) is 15.1. The van der Waals surface area contributed by atoms with Crippen molar-refractivity contribution in [2.75, 3.05) is 11.9 Å². The Morgan fingerprint density at radius 1 is 1.00 bits per heavy atom. The van der Waals surface area contributed by atoms with Gasteiger partial charge in [0, 0.05) is 18.0 Å². The van der Waals surface area contributed by atoms with Gasteiger partial charge in [0.1, 0.15) is 12.4 Å². The minimum atomic E-state index is -0.721. The third-order valence-corrected chi connectivity index (χ3v) is 3.78. The predicted molar refractivity (Wildman–Crippen MR) is 92.5 cm³/mol. The van der Waals surface area contributed by atoms with Crippen molar-refractivity contribution in [1.29, 1.82) is 0 Å². The lowest BCUT2D eigenvalue weighted by molar-refractivity contribution is -0.125. The van der Waals surface area contributed by atoms with Gasteiger partial charge in [0.05, 0.1) is 5.69 Å². The van der Waals surface area contributed by atoms with Gasteiger partial charge < -0.3 is 14.8 Å². The number of carbonyl (C=O) groups is 1. The summed E-state index contributed by atoms with van der Waals surface area (Å²) in [7, 11) is 0. The zero-order chi connectivity index (χ0) is 17.1. The lowest BCUT2D eigenvalue weighted by atomic mass is 10.2. The molecule has 0 saturated heterocycles. The molecule has 1 N–H and O–H groups in total. The van der Waals surface area contributed by atoms with Gasteiger partial charge in [0.2, 0.25) is 6.10 Å². The summed E-state index contributed by atoms with van der Waals surface area (Å²) < 4.78 is 11.3. The quantitative estimate of drug-likeness (QED) is 0.798. The van der Waals surface area contributed by atoms with Crippen LogP contribution in [0, 0.1) is 0 Å². The first-order chi connectivity index (χ1) is 12.3. The van der Waals surface area contributed by atoms with E-state index in [1.54, 1.807) is 24.5 Å². The molecule has 25 heavy (non-hydrogen) atoms. The number of carbonyl (C=O) groups excluding carboxylic acids is 1. The van der Waals surface area contributed by atoms with Gasteiger partial charge in [-0.1, -0.05) is 18.2 Å². The highest BCUT2D eigenvalue weighted by atomic mass is 16.6. The van der Waals surface area contributed by atoms with Gasteiger partial charge in [0.25, 0.3) is 5.91 Å². The van der Waals surface area contributed by atoms with Crippen molar-refractivity contribution < 1.29 is 14.3 Å². The third kappa shape index (κ3) is 3.28. The van der Waals surface area contributed by atoms with E-state index in [2.05, 4.69) is 15.3 Å². The Hall–Kier alpha value is -3.41. The predicted octanol–water partition coefficient (Wildman–Crippen LogP) is 2.92. The molecule has 1 amide bonds. The Balaban J connectivity index is 1.49. The number of amides is 1. The number of anilines is 1. The number of benzene rings is 1. The van der Waals surface area contributed by atoms with Crippen LogP contribution in [0.1, 0.15) is 0 Å². The van der Waals surface area contributed by atoms with E-state index in [0.29, 0.717) is 17.3 Å². The van der Waals surface area contributed by atoms with Gasteiger partial charge in [-0.3, -0.25) is 9.78 Å². The maximum Gasteiger partial charge on any atom is 0.270 e. The molecule has 6 nitrogen and oxygen atoms in total. The number of hydrogen-bond donors (Lipinski definition) is 1. The average molecular weight is 333 g/mol. The second-order valence-corrected chi connectivity index (χ2v) is 5.50. The summed E-state index contributed by atoms with van der Waals surface area (Å²) in [6, 6.07) is 16.5. The number of nitrogens with zero attached hydrogens (tertiary/aromatic N) is 2. The summed E-state index contributed by atoms with van der Waals surface area (Å²) in [6.07, 6.45) is 2.68. The van der Waals surface area contributed by atoms with Crippen LogP contribution < -0.4 is 14.8 Å². The molecule has 1 aliphatic rings. The van der Waals surface area contributed by atoms with E-state index < -0.39 is 6.10 Å². The number of fused-ring (bicyclic) bond motifs is 1. The molecule has 3 heterocycles. The fourth-order valence-corrected chi connectivity index (χ4v) is 2.54. The molecular weight excluding hydrogens is 318 g/mol. The van der Waals surface area contributed by atoms with Gasteiger partial charge in [-0.05, 0) is 36.4 Å². The molecule has 3 aromatic rings. The molecule has 1 aromatic carbocycles.